The molecule has 26 heavy (non-hydrogen) atoms. The van der Waals surface area contributed by atoms with E-state index in [2.05, 4.69) is 30.9 Å². The Balaban J connectivity index is 1.91. The highest BCUT2D eigenvalue weighted by atomic mass is 79.9. The van der Waals surface area contributed by atoms with E-state index in [4.69, 9.17) is 4.74 Å². The predicted molar refractivity (Wildman–Crippen MR) is 101 cm³/mol. The zero-order chi connectivity index (χ0) is 18.5. The number of ether oxygens (including phenoxy) is 1. The molecule has 0 spiro atoms. The molecule has 0 saturated carbocycles. The molecule has 0 aliphatic carbocycles. The van der Waals surface area contributed by atoms with Gasteiger partial charge in [-0.25, -0.2) is 4.98 Å². The number of hydrogen-bond acceptors (Lipinski definition) is 5. The number of aromatic amines is 1. The Hall–Kier alpha value is -2.58. The SMILES string of the molecule is COCCN(Cc1nc2ccccc2c(=O)[nH]1)C(=O)c1cncc(Br)c1. The van der Waals surface area contributed by atoms with E-state index >= 15 is 0 Å². The Morgan fingerprint density at radius 2 is 2.12 bits per heavy atom. The second kappa shape index (κ2) is 8.20. The van der Waals surface area contributed by atoms with Crippen molar-refractivity contribution in [3.05, 3.63) is 68.9 Å². The molecule has 7 nitrogen and oxygen atoms in total. The highest BCUT2D eigenvalue weighted by Gasteiger charge is 2.18. The predicted octanol–water partition coefficient (Wildman–Crippen LogP) is 2.37. The molecular weight excluding hydrogens is 400 g/mol. The first kappa shape index (κ1) is 18.2. The van der Waals surface area contributed by atoms with E-state index in [-0.39, 0.29) is 18.0 Å². The van der Waals surface area contributed by atoms with Gasteiger partial charge in [-0.1, -0.05) is 12.1 Å². The number of benzene rings is 1. The number of nitrogens with zero attached hydrogens (tertiary/aromatic N) is 3. The number of rotatable bonds is 6. The van der Waals surface area contributed by atoms with Crippen LogP contribution in [-0.2, 0) is 11.3 Å². The van der Waals surface area contributed by atoms with Gasteiger partial charge in [0.15, 0.2) is 0 Å². The molecule has 0 radical (unpaired) electrons. The molecule has 134 valence electrons. The Bertz CT molecular complexity index is 989. The second-order valence-electron chi connectivity index (χ2n) is 5.64. The van der Waals surface area contributed by atoms with Gasteiger partial charge in [-0.3, -0.25) is 14.6 Å². The molecule has 0 saturated heterocycles. The highest BCUT2D eigenvalue weighted by molar-refractivity contribution is 9.10. The summed E-state index contributed by atoms with van der Waals surface area (Å²) in [5.74, 6) is 0.202. The van der Waals surface area contributed by atoms with E-state index < -0.39 is 0 Å². The smallest absolute Gasteiger partial charge is 0.258 e. The van der Waals surface area contributed by atoms with Crippen LogP contribution in [-0.4, -0.2) is 46.0 Å². The number of pyridine rings is 1. The Labute approximate surface area is 158 Å². The number of amides is 1. The summed E-state index contributed by atoms with van der Waals surface area (Å²) >= 11 is 3.32. The molecule has 3 rings (SSSR count). The number of H-pyrrole nitrogens is 1. The van der Waals surface area contributed by atoms with Gasteiger partial charge >= 0.3 is 0 Å². The standard InChI is InChI=1S/C18H17BrN4O3/c1-26-7-6-23(18(25)12-8-13(19)10-20-9-12)11-16-21-15-5-3-2-4-14(15)17(24)22-16/h2-5,8-10H,6-7,11H2,1H3,(H,21,22,24). The minimum absolute atomic E-state index is 0.161. The Kier molecular flexibility index (Phi) is 5.75. The first-order valence-corrected chi connectivity index (χ1v) is 8.74. The van der Waals surface area contributed by atoms with Gasteiger partial charge in [0.1, 0.15) is 5.82 Å². The Morgan fingerprint density at radius 3 is 2.88 bits per heavy atom. The average molecular weight is 417 g/mol. The summed E-state index contributed by atoms with van der Waals surface area (Å²) in [6, 6.07) is 8.79. The third-order valence-corrected chi connectivity index (χ3v) is 4.24. The van der Waals surface area contributed by atoms with E-state index in [9.17, 15) is 9.59 Å². The summed E-state index contributed by atoms with van der Waals surface area (Å²) in [5.41, 5.74) is 0.807. The summed E-state index contributed by atoms with van der Waals surface area (Å²) in [5, 5.41) is 0.516. The lowest BCUT2D eigenvalue weighted by atomic mass is 10.2. The molecule has 0 atom stereocenters. The largest absolute Gasteiger partial charge is 0.383 e. The number of fused-ring (bicyclic) bond motifs is 1. The van der Waals surface area contributed by atoms with Crippen molar-refractivity contribution in [3.63, 3.8) is 0 Å². The van der Waals surface area contributed by atoms with Gasteiger partial charge in [-0.2, -0.15) is 0 Å². The number of nitrogens with one attached hydrogen (secondary N) is 1. The van der Waals surface area contributed by atoms with E-state index in [1.54, 1.807) is 42.5 Å². The molecule has 1 N–H and O–H groups in total. The van der Waals surface area contributed by atoms with E-state index in [1.807, 2.05) is 6.07 Å². The lowest BCUT2D eigenvalue weighted by Crippen LogP contribution is -2.34. The van der Waals surface area contributed by atoms with Crippen LogP contribution in [0, 0.1) is 0 Å². The zero-order valence-electron chi connectivity index (χ0n) is 14.1. The lowest BCUT2D eigenvalue weighted by molar-refractivity contribution is 0.0674. The number of methoxy groups -OCH3 is 1. The number of para-hydroxylation sites is 1. The molecule has 0 aliphatic rings. The maximum absolute atomic E-state index is 12.8. The van der Waals surface area contributed by atoms with Crippen molar-refractivity contribution in [2.24, 2.45) is 0 Å². The van der Waals surface area contributed by atoms with Gasteiger partial charge < -0.3 is 14.6 Å². The molecule has 8 heteroatoms. The molecule has 0 unspecified atom stereocenters. The molecule has 0 aliphatic heterocycles. The fraction of sp³-hybridized carbons (Fsp3) is 0.222. The fourth-order valence-corrected chi connectivity index (χ4v) is 2.92. The average Bonchev–Trinajstić information content (AvgIpc) is 2.64. The number of hydrogen-bond donors (Lipinski definition) is 1. The van der Waals surface area contributed by atoms with Gasteiger partial charge in [0.05, 0.1) is 29.6 Å². The molecule has 1 amide bonds. The summed E-state index contributed by atoms with van der Waals surface area (Å²) in [6.45, 7) is 0.887. The van der Waals surface area contributed by atoms with E-state index in [1.165, 1.54) is 6.20 Å². The minimum Gasteiger partial charge on any atom is -0.383 e. The minimum atomic E-state index is -0.228. The van der Waals surface area contributed by atoms with Crippen molar-refractivity contribution >= 4 is 32.7 Å². The molecule has 0 fully saturated rings. The molecule has 2 aromatic heterocycles. The number of halogens is 1. The summed E-state index contributed by atoms with van der Waals surface area (Å²) in [7, 11) is 1.57. The highest BCUT2D eigenvalue weighted by Crippen LogP contribution is 2.13. The lowest BCUT2D eigenvalue weighted by Gasteiger charge is -2.22. The zero-order valence-corrected chi connectivity index (χ0v) is 15.7. The van der Waals surface area contributed by atoms with Gasteiger partial charge in [0, 0.05) is 30.5 Å². The topological polar surface area (TPSA) is 88.2 Å². The van der Waals surface area contributed by atoms with Crippen LogP contribution in [0.15, 0.2) is 52.0 Å². The molecule has 1 aromatic carbocycles. The van der Waals surface area contributed by atoms with Gasteiger partial charge in [-0.05, 0) is 34.1 Å². The van der Waals surface area contributed by atoms with Gasteiger partial charge in [0.25, 0.3) is 11.5 Å². The van der Waals surface area contributed by atoms with Crippen LogP contribution in [0.3, 0.4) is 0 Å². The van der Waals surface area contributed by atoms with Crippen LogP contribution >= 0.6 is 15.9 Å². The third kappa shape index (κ3) is 4.14. The fourth-order valence-electron chi connectivity index (χ4n) is 2.56. The van der Waals surface area contributed by atoms with E-state index in [0.717, 1.165) is 0 Å². The van der Waals surface area contributed by atoms with Crippen molar-refractivity contribution < 1.29 is 9.53 Å². The third-order valence-electron chi connectivity index (χ3n) is 3.81. The van der Waals surface area contributed by atoms with Crippen molar-refractivity contribution in [1.29, 1.82) is 0 Å². The normalized spacial score (nSPS) is 10.8. The first-order chi connectivity index (χ1) is 12.6. The molecule has 2 heterocycles. The number of aromatic nitrogens is 3. The summed E-state index contributed by atoms with van der Waals surface area (Å²) in [6.07, 6.45) is 3.11. The van der Waals surface area contributed by atoms with Gasteiger partial charge in [0.2, 0.25) is 0 Å². The van der Waals surface area contributed by atoms with Crippen molar-refractivity contribution in [3.8, 4) is 0 Å². The monoisotopic (exact) mass is 416 g/mol. The quantitative estimate of drug-likeness (QED) is 0.666. The number of carbonyl (C=O) groups is 1. The van der Waals surface area contributed by atoms with Crippen LogP contribution < -0.4 is 5.56 Å². The van der Waals surface area contributed by atoms with Crippen molar-refractivity contribution in [2.75, 3.05) is 20.3 Å². The van der Waals surface area contributed by atoms with E-state index in [0.29, 0.717) is 39.9 Å². The van der Waals surface area contributed by atoms with Gasteiger partial charge in [-0.15, -0.1) is 0 Å². The van der Waals surface area contributed by atoms with Crippen LogP contribution in [0.1, 0.15) is 16.2 Å². The maximum atomic E-state index is 12.8. The summed E-state index contributed by atoms with van der Waals surface area (Å²) < 4.78 is 5.82. The molecule has 0 bridgehead atoms. The molecular formula is C18H17BrN4O3. The van der Waals surface area contributed by atoms with Crippen LogP contribution in [0.25, 0.3) is 10.9 Å². The first-order valence-electron chi connectivity index (χ1n) is 7.95. The van der Waals surface area contributed by atoms with Crippen molar-refractivity contribution in [1.82, 2.24) is 19.9 Å². The van der Waals surface area contributed by atoms with Crippen LogP contribution in [0.4, 0.5) is 0 Å². The summed E-state index contributed by atoms with van der Waals surface area (Å²) in [4.78, 5) is 37.9. The van der Waals surface area contributed by atoms with Crippen molar-refractivity contribution in [2.45, 2.75) is 6.54 Å². The Morgan fingerprint density at radius 1 is 1.31 bits per heavy atom. The maximum Gasteiger partial charge on any atom is 0.258 e. The molecule has 3 aromatic rings. The van der Waals surface area contributed by atoms with Crippen LogP contribution in [0.2, 0.25) is 0 Å². The second-order valence-corrected chi connectivity index (χ2v) is 6.56. The number of carbonyl (C=O) groups excluding carboxylic acids is 1. The van der Waals surface area contributed by atoms with Crippen LogP contribution in [0.5, 0.6) is 0 Å².